The summed E-state index contributed by atoms with van der Waals surface area (Å²) < 4.78 is 27.2. The molecule has 1 atom stereocenters. The van der Waals surface area contributed by atoms with E-state index in [4.69, 9.17) is 0 Å². The van der Waals surface area contributed by atoms with Gasteiger partial charge in [-0.2, -0.15) is 0 Å². The standard InChI is InChI=1S/C22H21F2N3O/c1-15-13-26(8-7-25-15)21-6-5-20-4-2-3-16(11-22(28)27(20)14-21)17-9-18(23)12-19(24)10-17/h2-6,9-12,14-15,25H,7-8,13H2,1H3/b3-2+,16-11+,20-4+/t15-/m0/s1. The van der Waals surface area contributed by atoms with Gasteiger partial charge in [-0.1, -0.05) is 12.2 Å². The number of hydrogen-bond donors (Lipinski definition) is 1. The second kappa shape index (κ2) is 7.56. The number of carbonyl (C=O) groups excluding carboxylic acids is 1. The van der Waals surface area contributed by atoms with E-state index in [9.17, 15) is 13.6 Å². The van der Waals surface area contributed by atoms with Crippen LogP contribution in [0.4, 0.5) is 8.78 Å². The Morgan fingerprint density at radius 2 is 1.82 bits per heavy atom. The molecule has 0 unspecified atom stereocenters. The fraction of sp³-hybridized carbons (Fsp3) is 0.227. The Morgan fingerprint density at radius 3 is 2.57 bits per heavy atom. The van der Waals surface area contributed by atoms with Crippen LogP contribution >= 0.6 is 0 Å². The highest BCUT2D eigenvalue weighted by Crippen LogP contribution is 2.26. The van der Waals surface area contributed by atoms with Crippen molar-refractivity contribution >= 4 is 11.5 Å². The van der Waals surface area contributed by atoms with Gasteiger partial charge in [0.1, 0.15) is 11.6 Å². The van der Waals surface area contributed by atoms with Crippen LogP contribution in [0, 0.1) is 11.6 Å². The van der Waals surface area contributed by atoms with Crippen LogP contribution in [-0.2, 0) is 4.79 Å². The van der Waals surface area contributed by atoms with Crippen LogP contribution in [0.3, 0.4) is 0 Å². The molecule has 0 aliphatic carbocycles. The molecule has 4 rings (SSSR count). The van der Waals surface area contributed by atoms with Gasteiger partial charge in [-0.25, -0.2) is 8.78 Å². The SMILES string of the molecule is C[C@H]1CN(C2=CN3C(=O)\C=C(c4cc(F)cc(F)c4)/C=C/C=C/3C=C2)CCN1. The third-order valence-corrected chi connectivity index (χ3v) is 4.95. The van der Waals surface area contributed by atoms with Gasteiger partial charge in [0.25, 0.3) is 5.91 Å². The van der Waals surface area contributed by atoms with Gasteiger partial charge in [-0.15, -0.1) is 0 Å². The first-order valence-corrected chi connectivity index (χ1v) is 9.27. The maximum Gasteiger partial charge on any atom is 0.255 e. The van der Waals surface area contributed by atoms with Crippen molar-refractivity contribution in [2.45, 2.75) is 13.0 Å². The number of nitrogens with one attached hydrogen (secondary N) is 1. The van der Waals surface area contributed by atoms with Gasteiger partial charge < -0.3 is 10.2 Å². The number of halogens is 2. The fourth-order valence-electron chi connectivity index (χ4n) is 3.58. The molecule has 6 heteroatoms. The average Bonchev–Trinajstić information content (AvgIpc) is 2.65. The number of amides is 1. The minimum absolute atomic E-state index is 0.264. The number of carbonyl (C=O) groups is 1. The van der Waals surface area contributed by atoms with Gasteiger partial charge in [-0.3, -0.25) is 9.69 Å². The lowest BCUT2D eigenvalue weighted by molar-refractivity contribution is -0.122. The molecule has 0 spiro atoms. The van der Waals surface area contributed by atoms with E-state index >= 15 is 0 Å². The maximum atomic E-state index is 13.6. The quantitative estimate of drug-likeness (QED) is 0.854. The van der Waals surface area contributed by atoms with Crippen molar-refractivity contribution in [2.24, 2.45) is 0 Å². The summed E-state index contributed by atoms with van der Waals surface area (Å²) in [5, 5.41) is 3.40. The number of piperazine rings is 1. The smallest absolute Gasteiger partial charge is 0.255 e. The number of nitrogens with zero attached hydrogens (tertiary/aromatic N) is 2. The highest BCUT2D eigenvalue weighted by atomic mass is 19.1. The summed E-state index contributed by atoms with van der Waals surface area (Å²) in [5.41, 5.74) is 2.50. The van der Waals surface area contributed by atoms with E-state index in [-0.39, 0.29) is 5.91 Å². The van der Waals surface area contributed by atoms with Crippen molar-refractivity contribution < 1.29 is 13.6 Å². The van der Waals surface area contributed by atoms with E-state index in [1.807, 2.05) is 24.4 Å². The summed E-state index contributed by atoms with van der Waals surface area (Å²) in [6, 6.07) is 3.63. The second-order valence-electron chi connectivity index (χ2n) is 7.11. The van der Waals surface area contributed by atoms with E-state index < -0.39 is 11.6 Å². The van der Waals surface area contributed by atoms with Crippen molar-refractivity contribution in [3.05, 3.63) is 89.4 Å². The molecule has 3 heterocycles. The molecule has 1 aromatic rings. The second-order valence-corrected chi connectivity index (χ2v) is 7.11. The number of allylic oxidation sites excluding steroid dienone is 6. The molecule has 1 amide bonds. The monoisotopic (exact) mass is 381 g/mol. The topological polar surface area (TPSA) is 35.6 Å². The highest BCUT2D eigenvalue weighted by Gasteiger charge is 2.23. The van der Waals surface area contributed by atoms with Crippen LogP contribution in [-0.4, -0.2) is 41.4 Å². The predicted molar refractivity (Wildman–Crippen MR) is 105 cm³/mol. The largest absolute Gasteiger partial charge is 0.368 e. The van der Waals surface area contributed by atoms with Crippen molar-refractivity contribution in [2.75, 3.05) is 19.6 Å². The lowest BCUT2D eigenvalue weighted by atomic mass is 10.0. The Hall–Kier alpha value is -2.99. The Kier molecular flexibility index (Phi) is 4.96. The molecule has 1 N–H and O–H groups in total. The number of fused-ring (bicyclic) bond motifs is 1. The molecule has 4 nitrogen and oxygen atoms in total. The minimum atomic E-state index is -0.675. The molecule has 0 aromatic heterocycles. The van der Waals surface area contributed by atoms with E-state index in [1.165, 1.54) is 18.2 Å². The van der Waals surface area contributed by atoms with Crippen LogP contribution in [0.25, 0.3) is 5.57 Å². The van der Waals surface area contributed by atoms with Gasteiger partial charge in [0.15, 0.2) is 0 Å². The van der Waals surface area contributed by atoms with E-state index in [0.717, 1.165) is 37.1 Å². The number of rotatable bonds is 2. The van der Waals surface area contributed by atoms with Crippen molar-refractivity contribution in [1.82, 2.24) is 15.1 Å². The van der Waals surface area contributed by atoms with Crippen LogP contribution < -0.4 is 5.32 Å². The first kappa shape index (κ1) is 18.4. The summed E-state index contributed by atoms with van der Waals surface area (Å²) in [7, 11) is 0. The van der Waals surface area contributed by atoms with Crippen molar-refractivity contribution in [1.29, 1.82) is 0 Å². The third kappa shape index (κ3) is 3.82. The zero-order valence-corrected chi connectivity index (χ0v) is 15.5. The first-order valence-electron chi connectivity index (χ1n) is 9.27. The molecule has 0 bridgehead atoms. The zero-order chi connectivity index (χ0) is 19.7. The van der Waals surface area contributed by atoms with Crippen molar-refractivity contribution in [3.8, 4) is 0 Å². The molecule has 0 radical (unpaired) electrons. The third-order valence-electron chi connectivity index (χ3n) is 4.95. The molecule has 1 saturated heterocycles. The number of hydrogen-bond acceptors (Lipinski definition) is 3. The maximum absolute atomic E-state index is 13.6. The molecule has 144 valence electrons. The average molecular weight is 381 g/mol. The Morgan fingerprint density at radius 1 is 1.07 bits per heavy atom. The van der Waals surface area contributed by atoms with Gasteiger partial charge in [0.05, 0.1) is 5.70 Å². The molecular formula is C22H21F2N3O. The van der Waals surface area contributed by atoms with E-state index in [0.29, 0.717) is 17.2 Å². The fourth-order valence-corrected chi connectivity index (χ4v) is 3.58. The molecule has 1 fully saturated rings. The van der Waals surface area contributed by atoms with E-state index in [2.05, 4.69) is 17.1 Å². The lowest BCUT2D eigenvalue weighted by Crippen LogP contribution is -2.48. The summed E-state index contributed by atoms with van der Waals surface area (Å²) in [4.78, 5) is 16.7. The summed E-state index contributed by atoms with van der Waals surface area (Å²) in [6.45, 7) is 4.75. The molecule has 28 heavy (non-hydrogen) atoms. The van der Waals surface area contributed by atoms with Gasteiger partial charge in [-0.05, 0) is 48.4 Å². The minimum Gasteiger partial charge on any atom is -0.368 e. The summed E-state index contributed by atoms with van der Waals surface area (Å²) in [6.07, 6.45) is 12.4. The molecular weight excluding hydrogens is 360 g/mol. The van der Waals surface area contributed by atoms with Crippen LogP contribution in [0.5, 0.6) is 0 Å². The number of benzene rings is 1. The van der Waals surface area contributed by atoms with Crippen LogP contribution in [0.15, 0.2) is 72.2 Å². The lowest BCUT2D eigenvalue weighted by Gasteiger charge is -2.36. The van der Waals surface area contributed by atoms with Crippen molar-refractivity contribution in [3.63, 3.8) is 0 Å². The highest BCUT2D eigenvalue weighted by molar-refractivity contribution is 5.99. The van der Waals surface area contributed by atoms with E-state index in [1.54, 1.807) is 17.1 Å². The molecule has 3 aliphatic rings. The van der Waals surface area contributed by atoms with Crippen LogP contribution in [0.2, 0.25) is 0 Å². The van der Waals surface area contributed by atoms with Gasteiger partial charge in [0, 0.05) is 49.7 Å². The van der Waals surface area contributed by atoms with Gasteiger partial charge >= 0.3 is 0 Å². The van der Waals surface area contributed by atoms with Crippen LogP contribution in [0.1, 0.15) is 12.5 Å². The molecule has 1 aromatic carbocycles. The molecule has 3 aliphatic heterocycles. The predicted octanol–water partition coefficient (Wildman–Crippen LogP) is 3.34. The summed E-state index contributed by atoms with van der Waals surface area (Å²) in [5.74, 6) is -1.61. The van der Waals surface area contributed by atoms with Gasteiger partial charge in [0.2, 0.25) is 0 Å². The normalized spacial score (nSPS) is 27.0. The Labute approximate surface area is 162 Å². The summed E-state index contributed by atoms with van der Waals surface area (Å²) >= 11 is 0. The first-order chi connectivity index (χ1) is 13.5. The molecule has 0 saturated carbocycles. The zero-order valence-electron chi connectivity index (χ0n) is 15.5. The Bertz CT molecular complexity index is 938. The Balaban J connectivity index is 1.66.